The fraction of sp³-hybridized carbons (Fsp3) is 0.368. The molecule has 1 aliphatic carbocycles. The van der Waals surface area contributed by atoms with Gasteiger partial charge in [0, 0.05) is 18.4 Å². The number of nitrogens with zero attached hydrogens (tertiary/aromatic N) is 1. The van der Waals surface area contributed by atoms with Crippen LogP contribution in [0, 0.1) is 11.3 Å². The predicted octanol–water partition coefficient (Wildman–Crippen LogP) is 3.62. The molecule has 0 fully saturated rings. The molecule has 0 saturated heterocycles. The van der Waals surface area contributed by atoms with Crippen LogP contribution in [0.3, 0.4) is 0 Å². The van der Waals surface area contributed by atoms with E-state index in [0.29, 0.717) is 35.7 Å². The SMILES string of the molecule is CC(C)c1ccc(C2C(C#N)=C(N)OC3=C2C(=O)CCC3)cc1. The predicted molar refractivity (Wildman–Crippen MR) is 87.1 cm³/mol. The van der Waals surface area contributed by atoms with Crippen molar-refractivity contribution in [1.29, 1.82) is 5.26 Å². The van der Waals surface area contributed by atoms with Crippen molar-refractivity contribution < 1.29 is 9.53 Å². The second kappa shape index (κ2) is 5.92. The number of carbonyl (C=O) groups excluding carboxylic acids is 1. The van der Waals surface area contributed by atoms with Crippen molar-refractivity contribution in [1.82, 2.24) is 0 Å². The summed E-state index contributed by atoms with van der Waals surface area (Å²) in [4.78, 5) is 12.4. The summed E-state index contributed by atoms with van der Waals surface area (Å²) in [5.41, 5.74) is 9.02. The molecule has 2 N–H and O–H groups in total. The number of ether oxygens (including phenoxy) is 1. The van der Waals surface area contributed by atoms with Crippen LogP contribution in [0.1, 0.15) is 56.1 Å². The summed E-state index contributed by atoms with van der Waals surface area (Å²) in [6.07, 6.45) is 1.97. The van der Waals surface area contributed by atoms with Gasteiger partial charge in [0.1, 0.15) is 17.4 Å². The average Bonchev–Trinajstić information content (AvgIpc) is 2.54. The summed E-state index contributed by atoms with van der Waals surface area (Å²) in [6.45, 7) is 4.26. The van der Waals surface area contributed by atoms with Crippen LogP contribution in [0.25, 0.3) is 0 Å². The maximum absolute atomic E-state index is 12.4. The van der Waals surface area contributed by atoms with Crippen LogP contribution >= 0.6 is 0 Å². The molecule has 1 aromatic rings. The largest absolute Gasteiger partial charge is 0.444 e. The van der Waals surface area contributed by atoms with Crippen LogP contribution in [-0.2, 0) is 9.53 Å². The molecule has 0 amide bonds. The van der Waals surface area contributed by atoms with E-state index >= 15 is 0 Å². The number of hydrogen-bond donors (Lipinski definition) is 1. The average molecular weight is 308 g/mol. The highest BCUT2D eigenvalue weighted by Gasteiger charge is 2.37. The van der Waals surface area contributed by atoms with E-state index in [1.54, 1.807) is 0 Å². The molecule has 1 aliphatic heterocycles. The molecule has 1 unspecified atom stereocenters. The Morgan fingerprint density at radius 2 is 1.96 bits per heavy atom. The van der Waals surface area contributed by atoms with Crippen molar-refractivity contribution in [3.63, 3.8) is 0 Å². The minimum atomic E-state index is -0.405. The summed E-state index contributed by atoms with van der Waals surface area (Å²) in [5.74, 6) is 0.845. The molecule has 23 heavy (non-hydrogen) atoms. The number of rotatable bonds is 2. The Balaban J connectivity index is 2.11. The summed E-state index contributed by atoms with van der Waals surface area (Å²) in [6, 6.07) is 10.2. The quantitative estimate of drug-likeness (QED) is 0.905. The standard InChI is InChI=1S/C19H20N2O2/c1-11(2)12-6-8-13(9-7-12)17-14(10-20)19(21)23-16-5-3-4-15(22)18(16)17/h6-9,11,17H,3-5,21H2,1-2H3. The first kappa shape index (κ1) is 15.4. The van der Waals surface area contributed by atoms with Gasteiger partial charge in [0.25, 0.3) is 0 Å². The van der Waals surface area contributed by atoms with Gasteiger partial charge in [0.2, 0.25) is 5.88 Å². The number of benzene rings is 1. The Kier molecular flexibility index (Phi) is 3.96. The molecule has 0 aromatic heterocycles. The smallest absolute Gasteiger partial charge is 0.205 e. The van der Waals surface area contributed by atoms with Gasteiger partial charge in [0.15, 0.2) is 5.78 Å². The Morgan fingerprint density at radius 1 is 1.26 bits per heavy atom. The lowest BCUT2D eigenvalue weighted by atomic mass is 9.77. The highest BCUT2D eigenvalue weighted by molar-refractivity contribution is 5.99. The first-order chi connectivity index (χ1) is 11.0. The Labute approximate surface area is 136 Å². The molecule has 3 rings (SSSR count). The molecule has 1 aromatic carbocycles. The fourth-order valence-electron chi connectivity index (χ4n) is 3.26. The number of nitrogens with two attached hydrogens (primary N) is 1. The molecule has 1 heterocycles. The monoisotopic (exact) mass is 308 g/mol. The maximum Gasteiger partial charge on any atom is 0.205 e. The van der Waals surface area contributed by atoms with Crippen LogP contribution in [0.5, 0.6) is 0 Å². The molecule has 0 bridgehead atoms. The van der Waals surface area contributed by atoms with Crippen molar-refractivity contribution in [2.45, 2.75) is 44.9 Å². The molecule has 1 atom stereocenters. The van der Waals surface area contributed by atoms with Crippen molar-refractivity contribution in [3.05, 3.63) is 58.2 Å². The first-order valence-electron chi connectivity index (χ1n) is 7.96. The summed E-state index contributed by atoms with van der Waals surface area (Å²) < 4.78 is 5.57. The van der Waals surface area contributed by atoms with E-state index in [1.165, 1.54) is 5.56 Å². The molecule has 118 valence electrons. The zero-order valence-corrected chi connectivity index (χ0v) is 13.4. The van der Waals surface area contributed by atoms with Crippen LogP contribution in [0.2, 0.25) is 0 Å². The minimum absolute atomic E-state index is 0.0597. The summed E-state index contributed by atoms with van der Waals surface area (Å²) in [7, 11) is 0. The second-order valence-electron chi connectivity index (χ2n) is 6.36. The van der Waals surface area contributed by atoms with Gasteiger partial charge in [-0.2, -0.15) is 5.26 Å². The third-order valence-corrected chi connectivity index (χ3v) is 4.54. The topological polar surface area (TPSA) is 76.1 Å². The lowest BCUT2D eigenvalue weighted by Gasteiger charge is -2.31. The van der Waals surface area contributed by atoms with E-state index in [4.69, 9.17) is 10.5 Å². The second-order valence-corrected chi connectivity index (χ2v) is 6.36. The van der Waals surface area contributed by atoms with Gasteiger partial charge in [-0.3, -0.25) is 4.79 Å². The molecule has 0 radical (unpaired) electrons. The van der Waals surface area contributed by atoms with Crippen molar-refractivity contribution in [3.8, 4) is 6.07 Å². The van der Waals surface area contributed by atoms with E-state index in [2.05, 4.69) is 19.9 Å². The zero-order valence-electron chi connectivity index (χ0n) is 13.4. The number of ketones is 1. The third kappa shape index (κ3) is 2.63. The van der Waals surface area contributed by atoms with E-state index in [9.17, 15) is 10.1 Å². The number of nitriles is 1. The van der Waals surface area contributed by atoms with Gasteiger partial charge in [-0.25, -0.2) is 0 Å². The molecule has 0 spiro atoms. The molecule has 0 saturated carbocycles. The maximum atomic E-state index is 12.4. The number of Topliss-reactive ketones (excluding diaryl/α,β-unsaturated/α-hetero) is 1. The van der Waals surface area contributed by atoms with Crippen molar-refractivity contribution >= 4 is 5.78 Å². The van der Waals surface area contributed by atoms with E-state index < -0.39 is 5.92 Å². The fourth-order valence-corrected chi connectivity index (χ4v) is 3.26. The van der Waals surface area contributed by atoms with Gasteiger partial charge in [0.05, 0.1) is 5.92 Å². The molecular formula is C19H20N2O2. The first-order valence-corrected chi connectivity index (χ1v) is 7.96. The van der Waals surface area contributed by atoms with Crippen LogP contribution in [0.4, 0.5) is 0 Å². The Morgan fingerprint density at radius 3 is 2.57 bits per heavy atom. The Bertz CT molecular complexity index is 749. The van der Waals surface area contributed by atoms with Crippen LogP contribution in [-0.4, -0.2) is 5.78 Å². The van der Waals surface area contributed by atoms with Gasteiger partial charge in [-0.15, -0.1) is 0 Å². The van der Waals surface area contributed by atoms with Crippen molar-refractivity contribution in [2.24, 2.45) is 5.73 Å². The summed E-state index contributed by atoms with van der Waals surface area (Å²) in [5, 5.41) is 9.51. The number of carbonyl (C=O) groups is 1. The third-order valence-electron chi connectivity index (χ3n) is 4.54. The highest BCUT2D eigenvalue weighted by Crippen LogP contribution is 2.43. The van der Waals surface area contributed by atoms with Gasteiger partial charge in [-0.05, 0) is 23.5 Å². The van der Waals surface area contributed by atoms with Gasteiger partial charge in [-0.1, -0.05) is 38.1 Å². The van der Waals surface area contributed by atoms with Gasteiger partial charge < -0.3 is 10.5 Å². The van der Waals surface area contributed by atoms with Gasteiger partial charge >= 0.3 is 0 Å². The van der Waals surface area contributed by atoms with E-state index in [0.717, 1.165) is 12.0 Å². The molecular weight excluding hydrogens is 288 g/mol. The molecule has 2 aliphatic rings. The normalized spacial score (nSPS) is 21.1. The molecule has 4 heteroatoms. The molecule has 4 nitrogen and oxygen atoms in total. The highest BCUT2D eigenvalue weighted by atomic mass is 16.5. The van der Waals surface area contributed by atoms with Crippen molar-refractivity contribution in [2.75, 3.05) is 0 Å². The lowest BCUT2D eigenvalue weighted by Crippen LogP contribution is -2.27. The summed E-state index contributed by atoms with van der Waals surface area (Å²) >= 11 is 0. The zero-order chi connectivity index (χ0) is 16.6. The van der Waals surface area contributed by atoms with E-state index in [-0.39, 0.29) is 11.7 Å². The lowest BCUT2D eigenvalue weighted by molar-refractivity contribution is -0.116. The Hall–Kier alpha value is -2.54. The van der Waals surface area contributed by atoms with E-state index in [1.807, 2.05) is 24.3 Å². The van der Waals surface area contributed by atoms with Crippen LogP contribution < -0.4 is 5.73 Å². The number of hydrogen-bond acceptors (Lipinski definition) is 4. The van der Waals surface area contributed by atoms with Crippen LogP contribution in [0.15, 0.2) is 47.1 Å². The minimum Gasteiger partial charge on any atom is -0.444 e. The number of allylic oxidation sites excluding steroid dienone is 3.